The van der Waals surface area contributed by atoms with Gasteiger partial charge in [-0.15, -0.1) is 0 Å². The Morgan fingerprint density at radius 3 is 2.64 bits per heavy atom. The van der Waals surface area contributed by atoms with Crippen molar-refractivity contribution in [3.05, 3.63) is 0 Å². The molecular formula is C20H32O2. The summed E-state index contributed by atoms with van der Waals surface area (Å²) in [6, 6.07) is 0. The van der Waals surface area contributed by atoms with Gasteiger partial charge in [-0.3, -0.25) is 4.79 Å². The van der Waals surface area contributed by atoms with Crippen LogP contribution in [0.4, 0.5) is 0 Å². The van der Waals surface area contributed by atoms with Crippen LogP contribution in [0.5, 0.6) is 0 Å². The van der Waals surface area contributed by atoms with Crippen molar-refractivity contribution in [2.45, 2.75) is 84.2 Å². The van der Waals surface area contributed by atoms with Gasteiger partial charge in [0.2, 0.25) is 0 Å². The van der Waals surface area contributed by atoms with Gasteiger partial charge in [-0.05, 0) is 92.3 Å². The van der Waals surface area contributed by atoms with Crippen LogP contribution in [0.25, 0.3) is 0 Å². The van der Waals surface area contributed by atoms with Crippen LogP contribution in [-0.4, -0.2) is 12.6 Å². The van der Waals surface area contributed by atoms with Crippen LogP contribution in [0.1, 0.15) is 78.1 Å². The molecule has 0 aromatic rings. The van der Waals surface area contributed by atoms with Gasteiger partial charge in [-0.1, -0.05) is 20.3 Å². The second-order valence-electron chi connectivity index (χ2n) is 9.37. The van der Waals surface area contributed by atoms with E-state index in [9.17, 15) is 4.79 Å². The predicted molar refractivity (Wildman–Crippen MR) is 87.3 cm³/mol. The lowest BCUT2D eigenvalue weighted by molar-refractivity contribution is -0.148. The summed E-state index contributed by atoms with van der Waals surface area (Å²) in [7, 11) is 0. The maximum Gasteiger partial charge on any atom is 0.293 e. The van der Waals surface area contributed by atoms with E-state index in [0.29, 0.717) is 17.3 Å². The van der Waals surface area contributed by atoms with Gasteiger partial charge in [0.15, 0.2) is 0 Å². The fourth-order valence-corrected chi connectivity index (χ4v) is 7.41. The molecule has 4 fully saturated rings. The predicted octanol–water partition coefficient (Wildman–Crippen LogP) is 4.96. The van der Waals surface area contributed by atoms with Crippen molar-refractivity contribution in [3.63, 3.8) is 0 Å². The van der Waals surface area contributed by atoms with E-state index in [1.165, 1.54) is 51.4 Å². The highest BCUT2D eigenvalue weighted by molar-refractivity contribution is 5.37. The molecule has 4 aliphatic carbocycles. The molecule has 7 atom stereocenters. The Kier molecular flexibility index (Phi) is 3.58. The fourth-order valence-electron chi connectivity index (χ4n) is 7.41. The van der Waals surface area contributed by atoms with Crippen molar-refractivity contribution in [1.29, 1.82) is 0 Å². The zero-order chi connectivity index (χ0) is 15.4. The number of fused-ring (bicyclic) bond motifs is 5. The normalized spacial score (nSPS) is 54.0. The maximum absolute atomic E-state index is 10.7. The van der Waals surface area contributed by atoms with E-state index >= 15 is 0 Å². The summed E-state index contributed by atoms with van der Waals surface area (Å²) < 4.78 is 5.32. The Morgan fingerprint density at radius 1 is 0.955 bits per heavy atom. The largest absolute Gasteiger partial charge is 0.465 e. The van der Waals surface area contributed by atoms with Gasteiger partial charge in [-0.2, -0.15) is 0 Å². The lowest BCUT2D eigenvalue weighted by atomic mass is 9.45. The van der Waals surface area contributed by atoms with E-state index in [1.807, 2.05) is 0 Å². The monoisotopic (exact) mass is 304 g/mol. The fraction of sp³-hybridized carbons (Fsp3) is 0.950. The van der Waals surface area contributed by atoms with Crippen molar-refractivity contribution >= 4 is 6.47 Å². The van der Waals surface area contributed by atoms with E-state index in [2.05, 4.69) is 13.8 Å². The third-order valence-electron chi connectivity index (χ3n) is 8.65. The molecule has 2 nitrogen and oxygen atoms in total. The van der Waals surface area contributed by atoms with Crippen molar-refractivity contribution in [1.82, 2.24) is 0 Å². The van der Waals surface area contributed by atoms with Crippen molar-refractivity contribution in [2.75, 3.05) is 0 Å². The highest BCUT2D eigenvalue weighted by Gasteiger charge is 2.57. The molecule has 124 valence electrons. The number of rotatable bonds is 2. The first-order valence-electron chi connectivity index (χ1n) is 9.66. The number of hydrogen-bond acceptors (Lipinski definition) is 2. The molecule has 4 rings (SSSR count). The first kappa shape index (κ1) is 15.0. The molecule has 0 heterocycles. The Morgan fingerprint density at radius 2 is 1.82 bits per heavy atom. The minimum atomic E-state index is 0.201. The van der Waals surface area contributed by atoms with Crippen LogP contribution < -0.4 is 0 Å². The van der Waals surface area contributed by atoms with Crippen LogP contribution in [-0.2, 0) is 9.53 Å². The molecule has 7 unspecified atom stereocenters. The molecule has 0 aliphatic heterocycles. The molecule has 0 N–H and O–H groups in total. The number of ether oxygens (including phenoxy) is 1. The molecule has 22 heavy (non-hydrogen) atoms. The second-order valence-corrected chi connectivity index (χ2v) is 9.37. The molecule has 0 saturated heterocycles. The van der Waals surface area contributed by atoms with Crippen molar-refractivity contribution in [3.8, 4) is 0 Å². The molecular weight excluding hydrogens is 272 g/mol. The molecule has 0 radical (unpaired) electrons. The topological polar surface area (TPSA) is 26.3 Å². The lowest BCUT2D eigenvalue weighted by Crippen LogP contribution is -2.53. The number of hydrogen-bond donors (Lipinski definition) is 0. The van der Waals surface area contributed by atoms with Crippen LogP contribution in [0.15, 0.2) is 0 Å². The minimum absolute atomic E-state index is 0.201. The summed E-state index contributed by atoms with van der Waals surface area (Å²) in [6.45, 7) is 5.84. The highest BCUT2D eigenvalue weighted by atomic mass is 16.5. The number of carbonyl (C=O) groups is 1. The SMILES string of the molecule is CC12CCCC1C1CCC3CC(OC=O)CCC3(C)C1CC2. The lowest BCUT2D eigenvalue weighted by Gasteiger charge is -2.60. The molecule has 0 aromatic carbocycles. The standard InChI is InChI=1S/C20H32O2/c1-19-9-3-4-17(19)16-6-5-14-12-15(22-13-21)7-11-20(14,2)18(16)8-10-19/h13-18H,3-12H2,1-2H3. The summed E-state index contributed by atoms with van der Waals surface area (Å²) >= 11 is 0. The van der Waals surface area contributed by atoms with Gasteiger partial charge >= 0.3 is 0 Å². The summed E-state index contributed by atoms with van der Waals surface area (Å²) in [6.07, 6.45) is 13.9. The van der Waals surface area contributed by atoms with Gasteiger partial charge in [-0.25, -0.2) is 0 Å². The molecule has 0 bridgehead atoms. The molecule has 0 amide bonds. The molecule has 0 aromatic heterocycles. The van der Waals surface area contributed by atoms with Gasteiger partial charge in [0.1, 0.15) is 6.10 Å². The van der Waals surface area contributed by atoms with Crippen molar-refractivity contribution < 1.29 is 9.53 Å². The zero-order valence-electron chi connectivity index (χ0n) is 14.4. The number of carbonyl (C=O) groups excluding carboxylic acids is 1. The average Bonchev–Trinajstić information content (AvgIpc) is 2.89. The molecule has 4 aliphatic rings. The van der Waals surface area contributed by atoms with E-state index < -0.39 is 0 Å². The molecule has 2 heteroatoms. The van der Waals surface area contributed by atoms with Crippen LogP contribution in [0.2, 0.25) is 0 Å². The van der Waals surface area contributed by atoms with E-state index in [-0.39, 0.29) is 6.10 Å². The van der Waals surface area contributed by atoms with Crippen LogP contribution >= 0.6 is 0 Å². The minimum Gasteiger partial charge on any atom is -0.465 e. The van der Waals surface area contributed by atoms with E-state index in [1.54, 1.807) is 0 Å². The first-order valence-corrected chi connectivity index (χ1v) is 9.66. The van der Waals surface area contributed by atoms with Gasteiger partial charge < -0.3 is 4.74 Å². The van der Waals surface area contributed by atoms with E-state index in [4.69, 9.17) is 4.74 Å². The van der Waals surface area contributed by atoms with Crippen LogP contribution in [0.3, 0.4) is 0 Å². The summed E-state index contributed by atoms with van der Waals surface area (Å²) in [5.74, 6) is 3.73. The average molecular weight is 304 g/mol. The Labute approximate surface area is 135 Å². The highest BCUT2D eigenvalue weighted by Crippen LogP contribution is 2.66. The maximum atomic E-state index is 10.7. The first-order chi connectivity index (χ1) is 10.6. The van der Waals surface area contributed by atoms with Crippen molar-refractivity contribution in [2.24, 2.45) is 34.5 Å². The summed E-state index contributed by atoms with van der Waals surface area (Å²) in [5.41, 5.74) is 1.19. The molecule has 4 saturated carbocycles. The quantitative estimate of drug-likeness (QED) is 0.674. The Bertz CT molecular complexity index is 447. The Balaban J connectivity index is 1.55. The third-order valence-corrected chi connectivity index (χ3v) is 8.65. The summed E-state index contributed by atoms with van der Waals surface area (Å²) in [4.78, 5) is 10.7. The summed E-state index contributed by atoms with van der Waals surface area (Å²) in [5, 5.41) is 0. The third kappa shape index (κ3) is 2.08. The van der Waals surface area contributed by atoms with Gasteiger partial charge in [0.05, 0.1) is 0 Å². The Hall–Kier alpha value is -0.530. The van der Waals surface area contributed by atoms with Gasteiger partial charge in [0, 0.05) is 0 Å². The van der Waals surface area contributed by atoms with Gasteiger partial charge in [0.25, 0.3) is 6.47 Å². The molecule has 0 spiro atoms. The van der Waals surface area contributed by atoms with Crippen LogP contribution in [0, 0.1) is 34.5 Å². The zero-order valence-corrected chi connectivity index (χ0v) is 14.4. The van der Waals surface area contributed by atoms with E-state index in [0.717, 1.165) is 36.5 Å². The second kappa shape index (κ2) is 5.24. The smallest absolute Gasteiger partial charge is 0.293 e.